The highest BCUT2D eigenvalue weighted by Gasteiger charge is 2.42. The van der Waals surface area contributed by atoms with Crippen molar-refractivity contribution in [1.82, 2.24) is 0 Å². The Morgan fingerprint density at radius 2 is 2.00 bits per heavy atom. The number of hydrogen-bond acceptors (Lipinski definition) is 1. The van der Waals surface area contributed by atoms with E-state index in [4.69, 9.17) is 4.74 Å². The van der Waals surface area contributed by atoms with Crippen molar-refractivity contribution in [2.45, 2.75) is 84.4 Å². The fourth-order valence-corrected chi connectivity index (χ4v) is 4.38. The molecule has 124 valence electrons. The highest BCUT2D eigenvalue weighted by atomic mass is 19.1. The molecule has 3 unspecified atom stereocenters. The van der Waals surface area contributed by atoms with Gasteiger partial charge in [0.25, 0.3) is 0 Å². The first kappa shape index (κ1) is 16.1. The summed E-state index contributed by atoms with van der Waals surface area (Å²) in [6, 6.07) is 0. The van der Waals surface area contributed by atoms with Crippen LogP contribution in [0.3, 0.4) is 0 Å². The van der Waals surface area contributed by atoms with Crippen molar-refractivity contribution in [2.75, 3.05) is 0 Å². The Morgan fingerprint density at radius 1 is 1.23 bits per heavy atom. The van der Waals surface area contributed by atoms with Crippen LogP contribution in [0.4, 0.5) is 4.39 Å². The Balaban J connectivity index is 1.82. The molecule has 1 saturated carbocycles. The van der Waals surface area contributed by atoms with Gasteiger partial charge >= 0.3 is 0 Å². The molecule has 0 radical (unpaired) electrons. The van der Waals surface area contributed by atoms with Crippen LogP contribution >= 0.6 is 0 Å². The van der Waals surface area contributed by atoms with E-state index >= 15 is 0 Å². The summed E-state index contributed by atoms with van der Waals surface area (Å²) in [5.41, 5.74) is 3.08. The van der Waals surface area contributed by atoms with Crippen molar-refractivity contribution in [3.63, 3.8) is 0 Å². The van der Waals surface area contributed by atoms with Crippen molar-refractivity contribution < 1.29 is 9.13 Å². The largest absolute Gasteiger partial charge is 0.495 e. The van der Waals surface area contributed by atoms with Crippen molar-refractivity contribution in [1.29, 1.82) is 0 Å². The maximum absolute atomic E-state index is 13.5. The third kappa shape index (κ3) is 3.58. The molecular weight excluding hydrogens is 275 g/mol. The average molecular weight is 306 g/mol. The van der Waals surface area contributed by atoms with E-state index < -0.39 is 6.17 Å². The zero-order valence-electron chi connectivity index (χ0n) is 14.4. The SMILES string of the molecule is CCC1=C(OC(C)C)CC(C2=CCC(F)CC2)C(C2CC2)C1. The van der Waals surface area contributed by atoms with Crippen molar-refractivity contribution in [3.8, 4) is 0 Å². The Hall–Kier alpha value is -0.790. The molecule has 0 aromatic heterocycles. The summed E-state index contributed by atoms with van der Waals surface area (Å²) in [6.45, 7) is 6.50. The van der Waals surface area contributed by atoms with Crippen molar-refractivity contribution in [2.24, 2.45) is 17.8 Å². The predicted molar refractivity (Wildman–Crippen MR) is 89.3 cm³/mol. The van der Waals surface area contributed by atoms with Crippen molar-refractivity contribution >= 4 is 0 Å². The van der Waals surface area contributed by atoms with E-state index in [9.17, 15) is 4.39 Å². The van der Waals surface area contributed by atoms with Crippen LogP contribution in [0.25, 0.3) is 0 Å². The van der Waals surface area contributed by atoms with Crippen LogP contribution in [0.15, 0.2) is 23.0 Å². The average Bonchev–Trinajstić information content (AvgIpc) is 3.32. The normalized spacial score (nSPS) is 33.1. The lowest BCUT2D eigenvalue weighted by Crippen LogP contribution is -2.28. The van der Waals surface area contributed by atoms with E-state index in [2.05, 4.69) is 26.8 Å². The van der Waals surface area contributed by atoms with Gasteiger partial charge in [0.2, 0.25) is 0 Å². The first-order chi connectivity index (χ1) is 10.6. The molecule has 3 aliphatic rings. The molecule has 0 saturated heterocycles. The topological polar surface area (TPSA) is 9.23 Å². The van der Waals surface area contributed by atoms with E-state index in [1.807, 2.05) is 0 Å². The Morgan fingerprint density at radius 3 is 2.55 bits per heavy atom. The van der Waals surface area contributed by atoms with Gasteiger partial charge in [0.05, 0.1) is 11.9 Å². The summed E-state index contributed by atoms with van der Waals surface area (Å²) < 4.78 is 19.6. The van der Waals surface area contributed by atoms with Gasteiger partial charge in [-0.2, -0.15) is 0 Å². The minimum absolute atomic E-state index is 0.255. The summed E-state index contributed by atoms with van der Waals surface area (Å²) in [5.74, 6) is 3.57. The zero-order chi connectivity index (χ0) is 15.7. The number of halogens is 1. The molecule has 1 nitrogen and oxygen atoms in total. The lowest BCUT2D eigenvalue weighted by atomic mass is 9.70. The van der Waals surface area contributed by atoms with Crippen LogP contribution in [0.5, 0.6) is 0 Å². The Labute approximate surface area is 135 Å². The lowest BCUT2D eigenvalue weighted by molar-refractivity contribution is 0.111. The van der Waals surface area contributed by atoms with Crippen LogP contribution in [-0.2, 0) is 4.74 Å². The van der Waals surface area contributed by atoms with Gasteiger partial charge in [-0.25, -0.2) is 4.39 Å². The summed E-state index contributed by atoms with van der Waals surface area (Å²) in [7, 11) is 0. The van der Waals surface area contributed by atoms with E-state index in [0.717, 1.165) is 37.5 Å². The fraction of sp³-hybridized carbons (Fsp3) is 0.800. The molecule has 0 aromatic rings. The molecule has 0 N–H and O–H groups in total. The molecule has 0 aromatic carbocycles. The molecule has 0 bridgehead atoms. The van der Waals surface area contributed by atoms with Crippen LogP contribution < -0.4 is 0 Å². The number of ether oxygens (including phenoxy) is 1. The second-order valence-corrected chi connectivity index (χ2v) is 7.71. The van der Waals surface area contributed by atoms with Gasteiger partial charge in [-0.05, 0) is 82.1 Å². The minimum Gasteiger partial charge on any atom is -0.495 e. The smallest absolute Gasteiger partial charge is 0.104 e. The maximum atomic E-state index is 13.5. The van der Waals surface area contributed by atoms with Crippen LogP contribution in [0, 0.1) is 17.8 Å². The first-order valence-electron chi connectivity index (χ1n) is 9.29. The Bertz CT molecular complexity index is 458. The molecule has 3 aliphatic carbocycles. The zero-order valence-corrected chi connectivity index (χ0v) is 14.4. The standard InChI is InChI=1S/C20H31FO/c1-4-14-11-18(15-5-6-15)19(12-20(14)22-13(2)3)16-7-9-17(21)10-8-16/h7,13,15,17-19H,4-6,8-12H2,1-3H3. The molecule has 0 heterocycles. The van der Waals surface area contributed by atoms with E-state index in [1.165, 1.54) is 30.6 Å². The molecule has 0 spiro atoms. The van der Waals surface area contributed by atoms with E-state index in [-0.39, 0.29) is 6.10 Å². The lowest BCUT2D eigenvalue weighted by Gasteiger charge is -2.38. The molecule has 3 atom stereocenters. The Kier molecular flexibility index (Phi) is 4.94. The van der Waals surface area contributed by atoms with Gasteiger partial charge in [0.1, 0.15) is 6.17 Å². The number of hydrogen-bond donors (Lipinski definition) is 0. The molecule has 3 rings (SSSR count). The molecular formula is C20H31FO. The minimum atomic E-state index is -0.611. The van der Waals surface area contributed by atoms with Crippen LogP contribution in [0.1, 0.15) is 72.1 Å². The number of allylic oxidation sites excluding steroid dienone is 4. The second kappa shape index (κ2) is 6.76. The molecule has 0 aliphatic heterocycles. The molecule has 0 amide bonds. The second-order valence-electron chi connectivity index (χ2n) is 7.71. The third-order valence-corrected chi connectivity index (χ3v) is 5.69. The highest BCUT2D eigenvalue weighted by Crippen LogP contribution is 2.52. The van der Waals surface area contributed by atoms with Crippen LogP contribution in [0.2, 0.25) is 0 Å². The molecule has 2 heteroatoms. The highest BCUT2D eigenvalue weighted by molar-refractivity contribution is 5.24. The van der Waals surface area contributed by atoms with E-state index in [1.54, 1.807) is 5.57 Å². The fourth-order valence-electron chi connectivity index (χ4n) is 4.38. The van der Waals surface area contributed by atoms with Gasteiger partial charge in [-0.15, -0.1) is 0 Å². The summed E-state index contributed by atoms with van der Waals surface area (Å²) in [5, 5.41) is 0. The van der Waals surface area contributed by atoms with Gasteiger partial charge in [-0.1, -0.05) is 18.6 Å². The van der Waals surface area contributed by atoms with Gasteiger partial charge < -0.3 is 4.74 Å². The maximum Gasteiger partial charge on any atom is 0.104 e. The van der Waals surface area contributed by atoms with Crippen molar-refractivity contribution in [3.05, 3.63) is 23.0 Å². The van der Waals surface area contributed by atoms with Gasteiger partial charge in [0, 0.05) is 6.42 Å². The number of rotatable bonds is 5. The van der Waals surface area contributed by atoms with Gasteiger partial charge in [0.15, 0.2) is 0 Å². The third-order valence-electron chi connectivity index (χ3n) is 5.69. The molecule has 22 heavy (non-hydrogen) atoms. The molecule has 1 fully saturated rings. The first-order valence-corrected chi connectivity index (χ1v) is 9.29. The predicted octanol–water partition coefficient (Wildman–Crippen LogP) is 5.96. The monoisotopic (exact) mass is 306 g/mol. The summed E-state index contributed by atoms with van der Waals surface area (Å²) in [6.07, 6.45) is 10.4. The van der Waals surface area contributed by atoms with Crippen LogP contribution in [-0.4, -0.2) is 12.3 Å². The summed E-state index contributed by atoms with van der Waals surface area (Å²) >= 11 is 0. The number of alkyl halides is 1. The van der Waals surface area contributed by atoms with Gasteiger partial charge in [-0.3, -0.25) is 0 Å². The van der Waals surface area contributed by atoms with E-state index in [0.29, 0.717) is 12.3 Å². The summed E-state index contributed by atoms with van der Waals surface area (Å²) in [4.78, 5) is 0. The quantitative estimate of drug-likeness (QED) is 0.569.